The van der Waals surface area contributed by atoms with Crippen LogP contribution in [0.25, 0.3) is 0 Å². The van der Waals surface area contributed by atoms with Gasteiger partial charge in [0.05, 0.1) is 0 Å². The summed E-state index contributed by atoms with van der Waals surface area (Å²) in [5.74, 6) is 7.62. The molecule has 0 aromatic rings. The molecular weight excluding hydrogens is 398 g/mol. The molecule has 0 bridgehead atoms. The second kappa shape index (κ2) is 15.9. The van der Waals surface area contributed by atoms with E-state index in [1.54, 1.807) is 0 Å². The highest BCUT2D eigenvalue weighted by Gasteiger charge is 2.35. The Morgan fingerprint density at radius 1 is 0.697 bits per heavy atom. The van der Waals surface area contributed by atoms with Gasteiger partial charge in [0, 0.05) is 12.1 Å². The Kier molecular flexibility index (Phi) is 14.9. The van der Waals surface area contributed by atoms with Crippen molar-refractivity contribution >= 4 is 0 Å². The molecule has 0 aliphatic heterocycles. The van der Waals surface area contributed by atoms with Gasteiger partial charge in [0.25, 0.3) is 0 Å². The quantitative estimate of drug-likeness (QED) is 0.224. The first-order valence-electron chi connectivity index (χ1n) is 15.3. The molecule has 0 amide bonds. The Labute approximate surface area is 211 Å². The van der Waals surface area contributed by atoms with Gasteiger partial charge in [0.15, 0.2) is 0 Å². The van der Waals surface area contributed by atoms with Crippen LogP contribution in [0.5, 0.6) is 0 Å². The van der Waals surface area contributed by atoms with Gasteiger partial charge < -0.3 is 5.32 Å². The lowest BCUT2D eigenvalue weighted by Gasteiger charge is -2.42. The average Bonchev–Trinajstić information content (AvgIpc) is 2.76. The van der Waals surface area contributed by atoms with Gasteiger partial charge in [-0.1, -0.05) is 101 Å². The zero-order valence-corrected chi connectivity index (χ0v) is 24.9. The van der Waals surface area contributed by atoms with Gasteiger partial charge in [-0.25, -0.2) is 0 Å². The van der Waals surface area contributed by atoms with Crippen LogP contribution in [0, 0.1) is 53.3 Å². The highest BCUT2D eigenvalue weighted by Crippen LogP contribution is 2.42. The maximum Gasteiger partial charge on any atom is 0.00954 e. The SMILES string of the molecule is CCCCCC(C)C(C)CC(C)C(C)C(C)NC(CC)C(C)C(CC)C1CC(C)CC(C)C1. The Hall–Kier alpha value is -0.0400. The van der Waals surface area contributed by atoms with Crippen LogP contribution in [-0.4, -0.2) is 12.1 Å². The van der Waals surface area contributed by atoms with Crippen molar-refractivity contribution in [1.29, 1.82) is 0 Å². The molecule has 0 saturated heterocycles. The molecule has 1 rings (SSSR count). The lowest BCUT2D eigenvalue weighted by molar-refractivity contribution is 0.0966. The maximum absolute atomic E-state index is 4.17. The van der Waals surface area contributed by atoms with Crippen LogP contribution in [0.4, 0.5) is 0 Å². The molecule has 1 saturated carbocycles. The van der Waals surface area contributed by atoms with E-state index in [1.807, 2.05) is 0 Å². The van der Waals surface area contributed by atoms with Crippen molar-refractivity contribution in [2.45, 2.75) is 152 Å². The topological polar surface area (TPSA) is 12.0 Å². The number of rotatable bonds is 16. The maximum atomic E-state index is 4.17. The zero-order valence-electron chi connectivity index (χ0n) is 24.9. The summed E-state index contributed by atoms with van der Waals surface area (Å²) in [6.07, 6.45) is 13.9. The first-order valence-corrected chi connectivity index (χ1v) is 15.3. The van der Waals surface area contributed by atoms with E-state index >= 15 is 0 Å². The Balaban J connectivity index is 2.66. The fraction of sp³-hybridized carbons (Fsp3) is 1.00. The molecular formula is C32H65N. The minimum Gasteiger partial charge on any atom is -0.311 e. The molecule has 1 aliphatic carbocycles. The number of nitrogens with one attached hydrogen (secondary N) is 1. The summed E-state index contributed by atoms with van der Waals surface area (Å²) in [5, 5.41) is 4.17. The second-order valence-electron chi connectivity index (χ2n) is 13.1. The monoisotopic (exact) mass is 464 g/mol. The summed E-state index contributed by atoms with van der Waals surface area (Å²) in [6, 6.07) is 1.24. The molecule has 0 aromatic carbocycles. The van der Waals surface area contributed by atoms with Gasteiger partial charge in [-0.2, -0.15) is 0 Å². The zero-order chi connectivity index (χ0) is 25.1. The Bertz CT molecular complexity index is 477. The van der Waals surface area contributed by atoms with Crippen molar-refractivity contribution < 1.29 is 0 Å². The first kappa shape index (κ1) is 31.0. The molecule has 1 aliphatic rings. The van der Waals surface area contributed by atoms with E-state index in [4.69, 9.17) is 0 Å². The van der Waals surface area contributed by atoms with Crippen molar-refractivity contribution in [2.24, 2.45) is 53.3 Å². The summed E-state index contributed by atoms with van der Waals surface area (Å²) in [5.41, 5.74) is 0. The molecule has 0 aromatic heterocycles. The molecule has 10 atom stereocenters. The first-order chi connectivity index (χ1) is 15.5. The minimum atomic E-state index is 0.594. The van der Waals surface area contributed by atoms with E-state index in [-0.39, 0.29) is 0 Å². The summed E-state index contributed by atoms with van der Waals surface area (Å²) < 4.78 is 0. The van der Waals surface area contributed by atoms with Gasteiger partial charge in [-0.15, -0.1) is 0 Å². The fourth-order valence-electron chi connectivity index (χ4n) is 7.45. The van der Waals surface area contributed by atoms with Crippen LogP contribution in [-0.2, 0) is 0 Å². The summed E-state index contributed by atoms with van der Waals surface area (Å²) in [6.45, 7) is 27.2. The van der Waals surface area contributed by atoms with E-state index in [9.17, 15) is 0 Å². The molecule has 10 unspecified atom stereocenters. The van der Waals surface area contributed by atoms with Gasteiger partial charge in [-0.3, -0.25) is 0 Å². The number of hydrogen-bond donors (Lipinski definition) is 1. The predicted octanol–water partition coefficient (Wildman–Crippen LogP) is 9.99. The predicted molar refractivity (Wildman–Crippen MR) is 151 cm³/mol. The number of hydrogen-bond acceptors (Lipinski definition) is 1. The van der Waals surface area contributed by atoms with Crippen LogP contribution in [0.3, 0.4) is 0 Å². The average molecular weight is 464 g/mol. The standard InChI is InChI=1S/C32H65N/c1-12-15-16-17-24(6)25(7)21-26(8)27(9)29(11)33-32(14-3)28(10)31(13-2)30-19-22(4)18-23(5)20-30/h22-33H,12-21H2,1-11H3. The molecule has 0 heterocycles. The largest absolute Gasteiger partial charge is 0.311 e. The molecule has 198 valence electrons. The Morgan fingerprint density at radius 3 is 1.82 bits per heavy atom. The smallest absolute Gasteiger partial charge is 0.00954 e. The fourth-order valence-corrected chi connectivity index (χ4v) is 7.45. The van der Waals surface area contributed by atoms with Crippen LogP contribution >= 0.6 is 0 Å². The van der Waals surface area contributed by atoms with E-state index in [1.165, 1.54) is 64.2 Å². The van der Waals surface area contributed by atoms with Crippen LogP contribution in [0.15, 0.2) is 0 Å². The Morgan fingerprint density at radius 2 is 1.30 bits per heavy atom. The highest BCUT2D eigenvalue weighted by molar-refractivity contribution is 4.88. The van der Waals surface area contributed by atoms with Crippen molar-refractivity contribution in [1.82, 2.24) is 5.32 Å². The van der Waals surface area contributed by atoms with E-state index < -0.39 is 0 Å². The van der Waals surface area contributed by atoms with Crippen molar-refractivity contribution in [3.63, 3.8) is 0 Å². The molecule has 1 heteroatoms. The van der Waals surface area contributed by atoms with E-state index in [2.05, 4.69) is 81.5 Å². The molecule has 1 N–H and O–H groups in total. The third-order valence-electron chi connectivity index (χ3n) is 10.2. The van der Waals surface area contributed by atoms with E-state index in [0.717, 1.165) is 53.3 Å². The number of unbranched alkanes of at least 4 members (excludes halogenated alkanes) is 2. The molecule has 33 heavy (non-hydrogen) atoms. The molecule has 0 radical (unpaired) electrons. The third kappa shape index (κ3) is 10.2. The van der Waals surface area contributed by atoms with Crippen molar-refractivity contribution in [3.05, 3.63) is 0 Å². The van der Waals surface area contributed by atoms with Gasteiger partial charge in [0.2, 0.25) is 0 Å². The molecule has 1 fully saturated rings. The van der Waals surface area contributed by atoms with Crippen molar-refractivity contribution in [2.75, 3.05) is 0 Å². The highest BCUT2D eigenvalue weighted by atomic mass is 15.0. The van der Waals surface area contributed by atoms with Crippen LogP contribution in [0.2, 0.25) is 0 Å². The third-order valence-corrected chi connectivity index (χ3v) is 10.2. The van der Waals surface area contributed by atoms with E-state index in [0.29, 0.717) is 12.1 Å². The van der Waals surface area contributed by atoms with Crippen molar-refractivity contribution in [3.8, 4) is 0 Å². The summed E-state index contributed by atoms with van der Waals surface area (Å²) >= 11 is 0. The van der Waals surface area contributed by atoms with Crippen LogP contribution in [0.1, 0.15) is 140 Å². The molecule has 0 spiro atoms. The van der Waals surface area contributed by atoms with Crippen LogP contribution < -0.4 is 5.32 Å². The normalized spacial score (nSPS) is 29.0. The summed E-state index contributed by atoms with van der Waals surface area (Å²) in [7, 11) is 0. The van der Waals surface area contributed by atoms with Gasteiger partial charge in [0.1, 0.15) is 0 Å². The second-order valence-corrected chi connectivity index (χ2v) is 13.1. The lowest BCUT2D eigenvalue weighted by Crippen LogP contribution is -2.47. The lowest BCUT2D eigenvalue weighted by atomic mass is 9.66. The summed E-state index contributed by atoms with van der Waals surface area (Å²) in [4.78, 5) is 0. The minimum absolute atomic E-state index is 0.594. The molecule has 1 nitrogen and oxygen atoms in total. The van der Waals surface area contributed by atoms with Gasteiger partial charge >= 0.3 is 0 Å². The van der Waals surface area contributed by atoms with Gasteiger partial charge in [-0.05, 0) is 92.3 Å².